The van der Waals surface area contributed by atoms with Gasteiger partial charge in [0.1, 0.15) is 0 Å². The van der Waals surface area contributed by atoms with E-state index in [1.165, 1.54) is 12.0 Å². The molecular formula is C14H24N2O. The van der Waals surface area contributed by atoms with Crippen molar-refractivity contribution in [2.45, 2.75) is 46.1 Å². The minimum Gasteiger partial charge on any atom is -0.337 e. The molecule has 0 spiro atoms. The van der Waals surface area contributed by atoms with Crippen LogP contribution >= 0.6 is 0 Å². The van der Waals surface area contributed by atoms with E-state index >= 15 is 0 Å². The lowest BCUT2D eigenvalue weighted by atomic mass is 9.77. The third-order valence-electron chi connectivity index (χ3n) is 4.12. The van der Waals surface area contributed by atoms with Gasteiger partial charge in [0.25, 0.3) is 0 Å². The summed E-state index contributed by atoms with van der Waals surface area (Å²) in [5.41, 5.74) is 1.50. The molecular weight excluding hydrogens is 212 g/mol. The first-order chi connectivity index (χ1) is 8.00. The molecule has 3 nitrogen and oxygen atoms in total. The van der Waals surface area contributed by atoms with Gasteiger partial charge in [0.05, 0.1) is 6.04 Å². The quantitative estimate of drug-likeness (QED) is 0.706. The van der Waals surface area contributed by atoms with Gasteiger partial charge >= 0.3 is 0 Å². The van der Waals surface area contributed by atoms with Crippen LogP contribution in [0.2, 0.25) is 0 Å². The molecule has 0 aromatic carbocycles. The number of hydrogen-bond acceptors (Lipinski definition) is 2. The van der Waals surface area contributed by atoms with E-state index in [0.717, 1.165) is 32.5 Å². The fraction of sp³-hybridized carbons (Fsp3) is 0.786. The Bertz CT molecular complexity index is 333. The van der Waals surface area contributed by atoms with Crippen LogP contribution in [0.1, 0.15) is 40.0 Å². The van der Waals surface area contributed by atoms with Crippen molar-refractivity contribution in [3.8, 4) is 0 Å². The van der Waals surface area contributed by atoms with E-state index in [4.69, 9.17) is 0 Å². The third kappa shape index (κ3) is 2.71. The number of carbonyl (C=O) groups excluding carboxylic acids is 1. The van der Waals surface area contributed by atoms with Gasteiger partial charge < -0.3 is 10.2 Å². The normalized spacial score (nSPS) is 28.8. The van der Waals surface area contributed by atoms with E-state index in [9.17, 15) is 4.79 Å². The van der Waals surface area contributed by atoms with Crippen molar-refractivity contribution < 1.29 is 4.79 Å². The number of piperidine rings is 1. The zero-order valence-electron chi connectivity index (χ0n) is 11.3. The topological polar surface area (TPSA) is 32.3 Å². The molecule has 0 saturated carbocycles. The summed E-state index contributed by atoms with van der Waals surface area (Å²) in [6.07, 6.45) is 5.52. The maximum Gasteiger partial charge on any atom is 0.240 e. The molecule has 2 aliphatic rings. The number of hydrogen-bond donors (Lipinski definition) is 1. The molecule has 2 rings (SSSR count). The smallest absolute Gasteiger partial charge is 0.240 e. The lowest BCUT2D eigenvalue weighted by molar-refractivity contribution is -0.137. The summed E-state index contributed by atoms with van der Waals surface area (Å²) in [5, 5.41) is 3.41. The lowest BCUT2D eigenvalue weighted by Gasteiger charge is -2.41. The Labute approximate surface area is 104 Å². The van der Waals surface area contributed by atoms with Crippen LogP contribution in [0.5, 0.6) is 0 Å². The van der Waals surface area contributed by atoms with Gasteiger partial charge in [-0.3, -0.25) is 4.79 Å². The number of nitrogens with one attached hydrogen (secondary N) is 1. The second kappa shape index (κ2) is 4.81. The van der Waals surface area contributed by atoms with Crippen LogP contribution in [0.3, 0.4) is 0 Å². The molecule has 1 atom stereocenters. The Morgan fingerprint density at radius 1 is 1.53 bits per heavy atom. The number of nitrogens with zero attached hydrogens (tertiary/aromatic N) is 1. The van der Waals surface area contributed by atoms with Crippen LogP contribution < -0.4 is 5.32 Å². The number of amides is 1. The largest absolute Gasteiger partial charge is 0.337 e. The standard InChI is InChI=1S/C14H24N2O/c1-11-5-9-16(10-6-11)13(17)12-14(2,3)7-4-8-15-12/h5,12,15H,4,6-10H2,1-3H3. The van der Waals surface area contributed by atoms with Crippen molar-refractivity contribution >= 4 is 5.91 Å². The van der Waals surface area contributed by atoms with E-state index < -0.39 is 0 Å². The highest BCUT2D eigenvalue weighted by molar-refractivity contribution is 5.83. The molecule has 1 saturated heterocycles. The van der Waals surface area contributed by atoms with E-state index in [0.29, 0.717) is 5.91 Å². The fourth-order valence-electron chi connectivity index (χ4n) is 2.79. The Kier molecular flexibility index (Phi) is 3.57. The molecule has 0 bridgehead atoms. The molecule has 17 heavy (non-hydrogen) atoms. The van der Waals surface area contributed by atoms with Gasteiger partial charge in [0, 0.05) is 13.1 Å². The van der Waals surface area contributed by atoms with E-state index in [2.05, 4.69) is 32.2 Å². The summed E-state index contributed by atoms with van der Waals surface area (Å²) in [5.74, 6) is 0.290. The third-order valence-corrected chi connectivity index (χ3v) is 4.12. The zero-order chi connectivity index (χ0) is 12.5. The van der Waals surface area contributed by atoms with Crippen molar-refractivity contribution in [1.82, 2.24) is 10.2 Å². The minimum absolute atomic E-state index is 0.00283. The molecule has 0 aliphatic carbocycles. The van der Waals surface area contributed by atoms with Crippen molar-refractivity contribution in [3.63, 3.8) is 0 Å². The molecule has 96 valence electrons. The number of carbonyl (C=O) groups is 1. The molecule has 2 aliphatic heterocycles. The van der Waals surface area contributed by atoms with Crippen molar-refractivity contribution in [3.05, 3.63) is 11.6 Å². The molecule has 0 radical (unpaired) electrons. The molecule has 0 aromatic heterocycles. The maximum absolute atomic E-state index is 12.5. The molecule has 0 aromatic rings. The summed E-state index contributed by atoms with van der Waals surface area (Å²) < 4.78 is 0. The predicted molar refractivity (Wildman–Crippen MR) is 69.8 cm³/mol. The van der Waals surface area contributed by atoms with Gasteiger partial charge in [-0.2, -0.15) is 0 Å². The molecule has 1 amide bonds. The summed E-state index contributed by atoms with van der Waals surface area (Å²) in [7, 11) is 0. The van der Waals surface area contributed by atoms with E-state index in [1.54, 1.807) is 0 Å². The first-order valence-corrected chi connectivity index (χ1v) is 6.68. The second-order valence-corrected chi connectivity index (χ2v) is 6.06. The summed E-state index contributed by atoms with van der Waals surface area (Å²) in [6.45, 7) is 9.20. The van der Waals surface area contributed by atoms with Gasteiger partial charge in [-0.15, -0.1) is 0 Å². The van der Waals surface area contributed by atoms with Crippen LogP contribution in [0.4, 0.5) is 0 Å². The van der Waals surface area contributed by atoms with Crippen molar-refractivity contribution in [1.29, 1.82) is 0 Å². The molecule has 1 unspecified atom stereocenters. The van der Waals surface area contributed by atoms with Gasteiger partial charge in [-0.25, -0.2) is 0 Å². The Hall–Kier alpha value is -0.830. The van der Waals surface area contributed by atoms with E-state index in [1.807, 2.05) is 4.90 Å². The first-order valence-electron chi connectivity index (χ1n) is 6.68. The lowest BCUT2D eigenvalue weighted by Crippen LogP contribution is -2.57. The van der Waals surface area contributed by atoms with Crippen LogP contribution in [0.25, 0.3) is 0 Å². The monoisotopic (exact) mass is 236 g/mol. The number of rotatable bonds is 1. The highest BCUT2D eigenvalue weighted by Crippen LogP contribution is 2.31. The second-order valence-electron chi connectivity index (χ2n) is 6.06. The van der Waals surface area contributed by atoms with Crippen LogP contribution in [0, 0.1) is 5.41 Å². The highest BCUT2D eigenvalue weighted by Gasteiger charge is 2.39. The van der Waals surface area contributed by atoms with Gasteiger partial charge in [0.2, 0.25) is 5.91 Å². The molecule has 2 heterocycles. The van der Waals surface area contributed by atoms with E-state index in [-0.39, 0.29) is 11.5 Å². The first kappa shape index (κ1) is 12.6. The van der Waals surface area contributed by atoms with Crippen molar-refractivity contribution in [2.75, 3.05) is 19.6 Å². The van der Waals surface area contributed by atoms with Crippen LogP contribution in [0.15, 0.2) is 11.6 Å². The SMILES string of the molecule is CC1=CCN(C(=O)C2NCCCC2(C)C)CC1. The molecule has 1 N–H and O–H groups in total. The summed E-state index contributed by atoms with van der Waals surface area (Å²) >= 11 is 0. The minimum atomic E-state index is 0.00283. The zero-order valence-corrected chi connectivity index (χ0v) is 11.3. The Morgan fingerprint density at radius 2 is 2.29 bits per heavy atom. The van der Waals surface area contributed by atoms with Gasteiger partial charge in [-0.1, -0.05) is 25.5 Å². The Balaban J connectivity index is 2.04. The maximum atomic E-state index is 12.5. The van der Waals surface area contributed by atoms with Gasteiger partial charge in [-0.05, 0) is 38.1 Å². The predicted octanol–water partition coefficient (Wildman–Crippen LogP) is 1.94. The average Bonchev–Trinajstić information content (AvgIpc) is 2.28. The molecule has 3 heteroatoms. The molecule has 1 fully saturated rings. The van der Waals surface area contributed by atoms with Crippen LogP contribution in [-0.4, -0.2) is 36.5 Å². The van der Waals surface area contributed by atoms with Crippen molar-refractivity contribution in [2.24, 2.45) is 5.41 Å². The average molecular weight is 236 g/mol. The fourth-order valence-corrected chi connectivity index (χ4v) is 2.79. The van der Waals surface area contributed by atoms with Crippen LogP contribution in [-0.2, 0) is 4.79 Å². The highest BCUT2D eigenvalue weighted by atomic mass is 16.2. The Morgan fingerprint density at radius 3 is 2.88 bits per heavy atom. The summed E-state index contributed by atoms with van der Waals surface area (Å²) in [6, 6.07) is 0.00283. The van der Waals surface area contributed by atoms with Gasteiger partial charge in [0.15, 0.2) is 0 Å². The summed E-state index contributed by atoms with van der Waals surface area (Å²) in [4.78, 5) is 14.5.